The van der Waals surface area contributed by atoms with E-state index >= 15 is 0 Å². The maximum atomic E-state index is 9.18. The van der Waals surface area contributed by atoms with Gasteiger partial charge < -0.3 is 10.1 Å². The van der Waals surface area contributed by atoms with Gasteiger partial charge >= 0.3 is 0 Å². The predicted octanol–water partition coefficient (Wildman–Crippen LogP) is 2.72. The van der Waals surface area contributed by atoms with Gasteiger partial charge in [0.2, 0.25) is 5.88 Å². The van der Waals surface area contributed by atoms with Crippen molar-refractivity contribution in [3.05, 3.63) is 41.3 Å². The van der Waals surface area contributed by atoms with E-state index in [1.54, 1.807) is 19.4 Å². The fourth-order valence-corrected chi connectivity index (χ4v) is 1.80. The summed E-state index contributed by atoms with van der Waals surface area (Å²) in [6.07, 6.45) is 1.66. The predicted molar refractivity (Wildman–Crippen MR) is 72.5 cm³/mol. The van der Waals surface area contributed by atoms with Crippen LogP contribution >= 0.6 is 0 Å². The summed E-state index contributed by atoms with van der Waals surface area (Å²) < 4.78 is 5.00. The van der Waals surface area contributed by atoms with Crippen molar-refractivity contribution in [1.82, 2.24) is 9.97 Å². The molecule has 0 bridgehead atoms. The van der Waals surface area contributed by atoms with E-state index in [1.165, 1.54) is 0 Å². The van der Waals surface area contributed by atoms with Crippen LogP contribution in [-0.2, 0) is 0 Å². The minimum atomic E-state index is 0.543. The van der Waals surface area contributed by atoms with Crippen LogP contribution < -0.4 is 10.1 Å². The van der Waals surface area contributed by atoms with Crippen molar-refractivity contribution in [3.8, 4) is 11.9 Å². The van der Waals surface area contributed by atoms with Gasteiger partial charge in [-0.2, -0.15) is 5.26 Å². The number of aromatic nitrogens is 2. The average molecular weight is 254 g/mol. The number of rotatable bonds is 3. The van der Waals surface area contributed by atoms with Crippen molar-refractivity contribution < 1.29 is 4.74 Å². The van der Waals surface area contributed by atoms with E-state index in [4.69, 9.17) is 4.74 Å². The summed E-state index contributed by atoms with van der Waals surface area (Å²) in [5.74, 6) is 0.549. The summed E-state index contributed by atoms with van der Waals surface area (Å²) in [5, 5.41) is 12.4. The number of nitriles is 1. The highest BCUT2D eigenvalue weighted by atomic mass is 16.5. The zero-order valence-corrected chi connectivity index (χ0v) is 11.1. The van der Waals surface area contributed by atoms with Crippen LogP contribution in [0.5, 0.6) is 5.88 Å². The molecule has 1 N–H and O–H groups in total. The number of hydrogen-bond acceptors (Lipinski definition) is 5. The first-order valence-electron chi connectivity index (χ1n) is 5.79. The number of hydrogen-bond donors (Lipinski definition) is 1. The maximum Gasteiger partial charge on any atom is 0.213 e. The minimum Gasteiger partial charge on any atom is -0.481 e. The molecule has 19 heavy (non-hydrogen) atoms. The number of pyridine rings is 2. The lowest BCUT2D eigenvalue weighted by Gasteiger charge is -2.10. The summed E-state index contributed by atoms with van der Waals surface area (Å²) in [4.78, 5) is 8.39. The Morgan fingerprint density at radius 2 is 2.11 bits per heavy atom. The molecule has 0 aliphatic heterocycles. The molecule has 0 unspecified atom stereocenters. The van der Waals surface area contributed by atoms with Gasteiger partial charge in [-0.25, -0.2) is 4.98 Å². The molecule has 0 aliphatic carbocycles. The average Bonchev–Trinajstić information content (AvgIpc) is 2.39. The Hall–Kier alpha value is -2.61. The Labute approximate surface area is 111 Å². The van der Waals surface area contributed by atoms with Crippen molar-refractivity contribution in [3.63, 3.8) is 0 Å². The van der Waals surface area contributed by atoms with Gasteiger partial charge in [-0.1, -0.05) is 0 Å². The Kier molecular flexibility index (Phi) is 3.62. The Bertz CT molecular complexity index is 629. The number of anilines is 2. The molecule has 2 aromatic rings. The Morgan fingerprint density at radius 1 is 1.32 bits per heavy atom. The number of ether oxygens (including phenoxy) is 1. The van der Waals surface area contributed by atoms with Crippen LogP contribution in [0.1, 0.15) is 17.0 Å². The Morgan fingerprint density at radius 3 is 2.68 bits per heavy atom. The molecule has 0 aromatic carbocycles. The SMILES string of the molecule is COc1ccc(Nc2cc(C)nc(C)c2C#N)cn1. The minimum absolute atomic E-state index is 0.543. The highest BCUT2D eigenvalue weighted by Gasteiger charge is 2.08. The normalized spacial score (nSPS) is 9.79. The van der Waals surface area contributed by atoms with E-state index in [0.29, 0.717) is 17.1 Å². The van der Waals surface area contributed by atoms with E-state index < -0.39 is 0 Å². The van der Waals surface area contributed by atoms with Crippen molar-refractivity contribution in [1.29, 1.82) is 5.26 Å². The summed E-state index contributed by atoms with van der Waals surface area (Å²) in [7, 11) is 1.57. The molecule has 5 nitrogen and oxygen atoms in total. The standard InChI is InChI=1S/C14H14N4O/c1-9-6-13(12(7-15)10(2)17-9)18-11-4-5-14(19-3)16-8-11/h4-6,8H,1-3H3,(H,17,18). The summed E-state index contributed by atoms with van der Waals surface area (Å²) in [6, 6.07) is 7.61. The van der Waals surface area contributed by atoms with Crippen molar-refractivity contribution in [2.24, 2.45) is 0 Å². The van der Waals surface area contributed by atoms with Gasteiger partial charge in [0.1, 0.15) is 6.07 Å². The number of methoxy groups -OCH3 is 1. The lowest BCUT2D eigenvalue weighted by atomic mass is 10.1. The van der Waals surface area contributed by atoms with E-state index in [1.807, 2.05) is 26.0 Å². The molecule has 2 heterocycles. The van der Waals surface area contributed by atoms with Gasteiger partial charge in [-0.3, -0.25) is 4.98 Å². The second-order valence-electron chi connectivity index (χ2n) is 4.10. The third-order valence-corrected chi connectivity index (χ3v) is 2.66. The summed E-state index contributed by atoms with van der Waals surface area (Å²) >= 11 is 0. The lowest BCUT2D eigenvalue weighted by Crippen LogP contribution is -2.00. The van der Waals surface area contributed by atoms with Crippen molar-refractivity contribution >= 4 is 11.4 Å². The quantitative estimate of drug-likeness (QED) is 0.911. The van der Waals surface area contributed by atoms with Crippen LogP contribution in [-0.4, -0.2) is 17.1 Å². The van der Waals surface area contributed by atoms with Crippen LogP contribution in [0.2, 0.25) is 0 Å². The van der Waals surface area contributed by atoms with Gasteiger partial charge in [0.15, 0.2) is 0 Å². The van der Waals surface area contributed by atoms with Gasteiger partial charge in [0, 0.05) is 11.8 Å². The van der Waals surface area contributed by atoms with Crippen LogP contribution in [0.15, 0.2) is 24.4 Å². The molecule has 2 rings (SSSR count). The zero-order chi connectivity index (χ0) is 13.8. The fraction of sp³-hybridized carbons (Fsp3) is 0.214. The molecule has 2 aromatic heterocycles. The topological polar surface area (TPSA) is 70.8 Å². The molecule has 0 spiro atoms. The van der Waals surface area contributed by atoms with Gasteiger partial charge in [-0.15, -0.1) is 0 Å². The lowest BCUT2D eigenvalue weighted by molar-refractivity contribution is 0.398. The monoisotopic (exact) mass is 254 g/mol. The first kappa shape index (κ1) is 12.8. The smallest absolute Gasteiger partial charge is 0.213 e. The van der Waals surface area contributed by atoms with E-state index in [9.17, 15) is 5.26 Å². The zero-order valence-electron chi connectivity index (χ0n) is 11.1. The number of nitrogens with one attached hydrogen (secondary N) is 1. The van der Waals surface area contributed by atoms with Crippen molar-refractivity contribution in [2.75, 3.05) is 12.4 Å². The van der Waals surface area contributed by atoms with Gasteiger partial charge in [0.05, 0.1) is 35.9 Å². The molecule has 0 fully saturated rings. The molecule has 96 valence electrons. The van der Waals surface area contributed by atoms with Gasteiger partial charge in [-0.05, 0) is 26.0 Å². The Balaban J connectivity index is 2.34. The third-order valence-electron chi connectivity index (χ3n) is 2.66. The highest BCUT2D eigenvalue weighted by Crippen LogP contribution is 2.23. The number of nitrogens with zero attached hydrogens (tertiary/aromatic N) is 3. The first-order chi connectivity index (χ1) is 9.13. The molecular weight excluding hydrogens is 240 g/mol. The fourth-order valence-electron chi connectivity index (χ4n) is 1.80. The molecule has 0 radical (unpaired) electrons. The third kappa shape index (κ3) is 2.80. The molecule has 0 amide bonds. The molecule has 0 saturated heterocycles. The highest BCUT2D eigenvalue weighted by molar-refractivity contribution is 5.67. The molecule has 0 aliphatic rings. The molecule has 0 saturated carbocycles. The molecular formula is C14H14N4O. The molecule has 0 atom stereocenters. The second kappa shape index (κ2) is 5.36. The van der Waals surface area contributed by atoms with Gasteiger partial charge in [0.25, 0.3) is 0 Å². The van der Waals surface area contributed by atoms with Crippen LogP contribution in [0.3, 0.4) is 0 Å². The summed E-state index contributed by atoms with van der Waals surface area (Å²) in [5.41, 5.74) is 3.65. The largest absolute Gasteiger partial charge is 0.481 e. The second-order valence-corrected chi connectivity index (χ2v) is 4.10. The van der Waals surface area contributed by atoms with E-state index in [-0.39, 0.29) is 0 Å². The van der Waals surface area contributed by atoms with Crippen LogP contribution in [0.25, 0.3) is 0 Å². The summed E-state index contributed by atoms with van der Waals surface area (Å²) in [6.45, 7) is 3.72. The first-order valence-corrected chi connectivity index (χ1v) is 5.79. The van der Waals surface area contributed by atoms with E-state index in [2.05, 4.69) is 21.4 Å². The van der Waals surface area contributed by atoms with Crippen LogP contribution in [0.4, 0.5) is 11.4 Å². The molecule has 5 heteroatoms. The number of aryl methyl sites for hydroxylation is 2. The van der Waals surface area contributed by atoms with Crippen molar-refractivity contribution in [2.45, 2.75) is 13.8 Å². The van der Waals surface area contributed by atoms with Crippen LogP contribution in [0, 0.1) is 25.2 Å². The van der Waals surface area contributed by atoms with E-state index in [0.717, 1.165) is 17.1 Å². The maximum absolute atomic E-state index is 9.18.